The number of nitrogens with two attached hydrogens (primary N) is 1. The summed E-state index contributed by atoms with van der Waals surface area (Å²) in [5.74, 6) is 0.919. The van der Waals surface area contributed by atoms with E-state index < -0.39 is 5.76 Å². The Labute approximate surface area is 171 Å². The van der Waals surface area contributed by atoms with Gasteiger partial charge in [0.1, 0.15) is 10.6 Å². The first-order chi connectivity index (χ1) is 14.1. The van der Waals surface area contributed by atoms with Crippen LogP contribution in [0.2, 0.25) is 0 Å². The zero-order valence-electron chi connectivity index (χ0n) is 16.1. The molecule has 0 aliphatic heterocycles. The Kier molecular flexibility index (Phi) is 4.43. The summed E-state index contributed by atoms with van der Waals surface area (Å²) in [5.41, 5.74) is 9.51. The lowest BCUT2D eigenvalue weighted by Crippen LogP contribution is -2.18. The minimum absolute atomic E-state index is 0.161. The van der Waals surface area contributed by atoms with Gasteiger partial charge in [-0.3, -0.25) is 4.52 Å². The van der Waals surface area contributed by atoms with E-state index in [4.69, 9.17) is 15.2 Å². The molecule has 148 valence electrons. The SMILES string of the molecule is Cc1ccccc1-c1noc(=O)n1Cc1nc(N)c2c3c(sc2n1)CCCCC3. The van der Waals surface area contributed by atoms with Gasteiger partial charge in [0.05, 0.1) is 11.9 Å². The van der Waals surface area contributed by atoms with E-state index in [1.54, 1.807) is 11.3 Å². The second kappa shape index (κ2) is 7.11. The molecule has 0 saturated heterocycles. The fraction of sp³-hybridized carbons (Fsp3) is 0.333. The number of rotatable bonds is 3. The van der Waals surface area contributed by atoms with Gasteiger partial charge in [-0.2, -0.15) is 0 Å². The van der Waals surface area contributed by atoms with Crippen molar-refractivity contribution in [3.8, 4) is 11.4 Å². The van der Waals surface area contributed by atoms with Crippen molar-refractivity contribution in [2.24, 2.45) is 0 Å². The number of thiophene rings is 1. The molecule has 5 rings (SSSR count). The van der Waals surface area contributed by atoms with Crippen LogP contribution in [0.15, 0.2) is 33.6 Å². The highest BCUT2D eigenvalue weighted by Gasteiger charge is 2.21. The van der Waals surface area contributed by atoms with Crippen LogP contribution in [0.5, 0.6) is 0 Å². The maximum atomic E-state index is 12.3. The smallest absolute Gasteiger partial charge is 0.383 e. The highest BCUT2D eigenvalue weighted by Crippen LogP contribution is 2.37. The van der Waals surface area contributed by atoms with E-state index >= 15 is 0 Å². The van der Waals surface area contributed by atoms with Crippen LogP contribution in [0.1, 0.15) is 41.1 Å². The van der Waals surface area contributed by atoms with Crippen LogP contribution < -0.4 is 11.5 Å². The number of aryl methyl sites for hydroxylation is 3. The number of hydrogen-bond donors (Lipinski definition) is 1. The second-order valence-electron chi connectivity index (χ2n) is 7.44. The minimum Gasteiger partial charge on any atom is -0.383 e. The minimum atomic E-state index is -0.535. The van der Waals surface area contributed by atoms with E-state index in [-0.39, 0.29) is 6.54 Å². The van der Waals surface area contributed by atoms with Crippen LogP contribution in [0, 0.1) is 6.92 Å². The number of fused-ring (bicyclic) bond motifs is 3. The Morgan fingerprint density at radius 2 is 2.00 bits per heavy atom. The van der Waals surface area contributed by atoms with Gasteiger partial charge >= 0.3 is 5.76 Å². The van der Waals surface area contributed by atoms with Crippen LogP contribution in [0.25, 0.3) is 21.6 Å². The van der Waals surface area contributed by atoms with Gasteiger partial charge in [0.25, 0.3) is 0 Å². The molecule has 2 N–H and O–H groups in total. The summed E-state index contributed by atoms with van der Waals surface area (Å²) in [6, 6.07) is 7.74. The van der Waals surface area contributed by atoms with E-state index in [2.05, 4.69) is 10.1 Å². The van der Waals surface area contributed by atoms with Gasteiger partial charge in [-0.05, 0) is 43.7 Å². The van der Waals surface area contributed by atoms with Gasteiger partial charge in [-0.1, -0.05) is 35.8 Å². The third-order valence-electron chi connectivity index (χ3n) is 5.51. The van der Waals surface area contributed by atoms with E-state index in [0.29, 0.717) is 17.5 Å². The number of aromatic nitrogens is 4. The standard InChI is InChI=1S/C21H21N5O2S/c1-12-7-5-6-8-13(12)19-25-28-21(27)26(19)11-16-23-18(22)17-14-9-3-2-4-10-15(14)29-20(17)24-16/h5-8H,2-4,9-11H2,1H3,(H2,22,23,24). The summed E-state index contributed by atoms with van der Waals surface area (Å²) >= 11 is 1.70. The van der Waals surface area contributed by atoms with Crippen molar-refractivity contribution in [1.82, 2.24) is 19.7 Å². The zero-order valence-corrected chi connectivity index (χ0v) is 17.0. The number of nitrogen functional groups attached to an aromatic ring is 1. The third kappa shape index (κ3) is 3.13. The fourth-order valence-corrected chi connectivity index (χ4v) is 5.33. The highest BCUT2D eigenvalue weighted by molar-refractivity contribution is 7.19. The molecule has 0 radical (unpaired) electrons. The molecule has 1 aromatic carbocycles. The molecule has 0 amide bonds. The maximum absolute atomic E-state index is 12.3. The van der Waals surface area contributed by atoms with E-state index in [9.17, 15) is 4.79 Å². The molecule has 1 aliphatic rings. The van der Waals surface area contributed by atoms with Crippen LogP contribution in [0.3, 0.4) is 0 Å². The lowest BCUT2D eigenvalue weighted by Gasteiger charge is -2.07. The second-order valence-corrected chi connectivity index (χ2v) is 8.53. The first-order valence-electron chi connectivity index (χ1n) is 9.81. The predicted molar refractivity (Wildman–Crippen MR) is 113 cm³/mol. The number of nitrogens with zero attached hydrogens (tertiary/aromatic N) is 4. The molecule has 0 saturated carbocycles. The van der Waals surface area contributed by atoms with Gasteiger partial charge in [-0.25, -0.2) is 19.3 Å². The van der Waals surface area contributed by atoms with Crippen LogP contribution in [0.4, 0.5) is 5.82 Å². The van der Waals surface area contributed by atoms with Crippen molar-refractivity contribution in [3.63, 3.8) is 0 Å². The van der Waals surface area contributed by atoms with Gasteiger partial charge < -0.3 is 5.73 Å². The summed E-state index contributed by atoms with van der Waals surface area (Å²) in [5, 5.41) is 4.98. The molecule has 0 bridgehead atoms. The Bertz CT molecular complexity index is 1270. The summed E-state index contributed by atoms with van der Waals surface area (Å²) in [6.45, 7) is 2.13. The molecule has 0 atom stereocenters. The summed E-state index contributed by atoms with van der Waals surface area (Å²) in [6.07, 6.45) is 5.74. The molecule has 1 aliphatic carbocycles. The largest absolute Gasteiger partial charge is 0.442 e. The van der Waals surface area contributed by atoms with Crippen molar-refractivity contribution >= 4 is 27.4 Å². The molecule has 29 heavy (non-hydrogen) atoms. The maximum Gasteiger partial charge on any atom is 0.442 e. The third-order valence-corrected chi connectivity index (χ3v) is 6.70. The van der Waals surface area contributed by atoms with Crippen molar-refractivity contribution in [1.29, 1.82) is 0 Å². The molecule has 0 fully saturated rings. The number of anilines is 1. The van der Waals surface area contributed by atoms with Gasteiger partial charge in [0.15, 0.2) is 11.6 Å². The van der Waals surface area contributed by atoms with Crippen molar-refractivity contribution < 1.29 is 4.52 Å². The zero-order chi connectivity index (χ0) is 20.0. The Balaban J connectivity index is 1.58. The van der Waals surface area contributed by atoms with Crippen LogP contribution >= 0.6 is 11.3 Å². The van der Waals surface area contributed by atoms with Gasteiger partial charge in [0.2, 0.25) is 0 Å². The normalized spacial score (nSPS) is 14.1. The fourth-order valence-electron chi connectivity index (χ4n) is 4.05. The molecule has 3 heterocycles. The van der Waals surface area contributed by atoms with Crippen molar-refractivity contribution in [3.05, 3.63) is 56.6 Å². The molecule has 7 nitrogen and oxygen atoms in total. The lowest BCUT2D eigenvalue weighted by atomic mass is 10.1. The highest BCUT2D eigenvalue weighted by atomic mass is 32.1. The topological polar surface area (TPSA) is 99.8 Å². The quantitative estimate of drug-likeness (QED) is 0.520. The van der Waals surface area contributed by atoms with Gasteiger partial charge in [-0.15, -0.1) is 11.3 Å². The Hall–Kier alpha value is -3.00. The Morgan fingerprint density at radius 1 is 1.17 bits per heavy atom. The van der Waals surface area contributed by atoms with E-state index in [1.165, 1.54) is 34.3 Å². The average Bonchev–Trinajstić information content (AvgIpc) is 3.14. The molecular formula is C21H21N5O2S. The monoisotopic (exact) mass is 407 g/mol. The van der Waals surface area contributed by atoms with E-state index in [0.717, 1.165) is 34.2 Å². The summed E-state index contributed by atoms with van der Waals surface area (Å²) < 4.78 is 6.41. The summed E-state index contributed by atoms with van der Waals surface area (Å²) in [7, 11) is 0. The molecular weight excluding hydrogens is 386 g/mol. The Morgan fingerprint density at radius 3 is 2.86 bits per heavy atom. The van der Waals surface area contributed by atoms with E-state index in [1.807, 2.05) is 31.2 Å². The first-order valence-corrected chi connectivity index (χ1v) is 10.6. The van der Waals surface area contributed by atoms with Crippen molar-refractivity contribution in [2.45, 2.75) is 45.6 Å². The molecule has 3 aromatic heterocycles. The first kappa shape index (κ1) is 18.1. The predicted octanol–water partition coefficient (Wildman–Crippen LogP) is 3.72. The lowest BCUT2D eigenvalue weighted by molar-refractivity contribution is 0.377. The average molecular weight is 407 g/mol. The molecule has 8 heteroatoms. The van der Waals surface area contributed by atoms with Crippen LogP contribution in [-0.4, -0.2) is 19.7 Å². The van der Waals surface area contributed by atoms with Crippen molar-refractivity contribution in [2.75, 3.05) is 5.73 Å². The van der Waals surface area contributed by atoms with Gasteiger partial charge in [0, 0.05) is 10.4 Å². The number of benzene rings is 1. The number of hydrogen-bond acceptors (Lipinski definition) is 7. The molecule has 0 spiro atoms. The molecule has 0 unspecified atom stereocenters. The molecule has 4 aromatic rings. The van der Waals surface area contributed by atoms with Crippen LogP contribution in [-0.2, 0) is 19.4 Å². The summed E-state index contributed by atoms with van der Waals surface area (Å²) in [4.78, 5) is 23.9.